The van der Waals surface area contributed by atoms with E-state index in [1.54, 1.807) is 32.4 Å². The van der Waals surface area contributed by atoms with Crippen LogP contribution in [0.15, 0.2) is 114 Å². The van der Waals surface area contributed by atoms with E-state index in [1.165, 1.54) is 6.08 Å². The Kier molecular flexibility index (Phi) is 8.28. The summed E-state index contributed by atoms with van der Waals surface area (Å²) in [7, 11) is 3.12. The SMILES string of the molecule is COc1ccc(NC(=O)/C=C(/C)c2cc3cccc(COC(c4ccccc4)c4ccccc4)c3o2)cc1OC. The summed E-state index contributed by atoms with van der Waals surface area (Å²) in [6.07, 6.45) is 1.31. The second kappa shape index (κ2) is 12.4. The predicted molar refractivity (Wildman–Crippen MR) is 158 cm³/mol. The molecule has 0 saturated carbocycles. The highest BCUT2D eigenvalue weighted by Crippen LogP contribution is 2.32. The lowest BCUT2D eigenvalue weighted by Gasteiger charge is -2.19. The fraction of sp³-hybridized carbons (Fsp3) is 0.147. The lowest BCUT2D eigenvalue weighted by Crippen LogP contribution is -2.08. The zero-order chi connectivity index (χ0) is 27.9. The molecule has 0 aliphatic carbocycles. The standard InChI is InChI=1S/C34H31NO5/c1-23(19-32(36)35-28-17-18-29(37-2)31(21-28)38-3)30-20-26-15-10-16-27(34(26)40-30)22-39-33(24-11-6-4-7-12-24)25-13-8-5-9-14-25/h4-21,33H,22H2,1-3H3,(H,35,36)/b23-19-. The minimum atomic E-state index is -0.276. The number of furan rings is 1. The number of hydrogen-bond acceptors (Lipinski definition) is 5. The molecule has 0 aliphatic rings. The van der Waals surface area contributed by atoms with Gasteiger partial charge in [0.05, 0.1) is 20.8 Å². The number of rotatable bonds is 10. The molecule has 0 atom stereocenters. The van der Waals surface area contributed by atoms with E-state index < -0.39 is 0 Å². The average Bonchev–Trinajstić information content (AvgIpc) is 3.44. The molecule has 0 spiro atoms. The van der Waals surface area contributed by atoms with Crippen molar-refractivity contribution >= 4 is 28.1 Å². The third kappa shape index (κ3) is 6.08. The van der Waals surface area contributed by atoms with E-state index in [2.05, 4.69) is 29.6 Å². The van der Waals surface area contributed by atoms with Crippen molar-refractivity contribution in [3.05, 3.63) is 132 Å². The van der Waals surface area contributed by atoms with Crippen LogP contribution in [-0.2, 0) is 16.1 Å². The number of carbonyl (C=O) groups is 1. The van der Waals surface area contributed by atoms with Gasteiger partial charge in [0.2, 0.25) is 5.91 Å². The molecule has 0 unspecified atom stereocenters. The van der Waals surface area contributed by atoms with E-state index in [-0.39, 0.29) is 12.0 Å². The van der Waals surface area contributed by atoms with E-state index in [0.717, 1.165) is 27.7 Å². The number of hydrogen-bond donors (Lipinski definition) is 1. The van der Waals surface area contributed by atoms with E-state index >= 15 is 0 Å². The topological polar surface area (TPSA) is 69.9 Å². The van der Waals surface area contributed by atoms with Gasteiger partial charge in [-0.1, -0.05) is 78.9 Å². The minimum absolute atomic E-state index is 0.214. The van der Waals surface area contributed by atoms with E-state index in [1.807, 2.05) is 67.6 Å². The first-order valence-electron chi connectivity index (χ1n) is 13.0. The molecule has 1 aromatic heterocycles. The second-order valence-corrected chi connectivity index (χ2v) is 9.34. The summed E-state index contributed by atoms with van der Waals surface area (Å²) in [6, 6.07) is 33.5. The molecule has 6 nitrogen and oxygen atoms in total. The Morgan fingerprint density at radius 2 is 1.50 bits per heavy atom. The summed E-state index contributed by atoms with van der Waals surface area (Å²) in [4.78, 5) is 12.8. The lowest BCUT2D eigenvalue weighted by molar-refractivity contribution is -0.111. The Morgan fingerprint density at radius 3 is 2.15 bits per heavy atom. The van der Waals surface area contributed by atoms with E-state index in [9.17, 15) is 4.79 Å². The summed E-state index contributed by atoms with van der Waals surface area (Å²) in [5.74, 6) is 1.47. The maximum atomic E-state index is 12.8. The van der Waals surface area contributed by atoms with Gasteiger partial charge < -0.3 is 23.9 Å². The van der Waals surface area contributed by atoms with Crippen LogP contribution in [0.3, 0.4) is 0 Å². The number of allylic oxidation sites excluding steroid dienone is 1. The Balaban J connectivity index is 1.34. The number of nitrogens with one attached hydrogen (secondary N) is 1. The molecule has 4 aromatic carbocycles. The Bertz CT molecular complexity index is 1580. The van der Waals surface area contributed by atoms with Gasteiger partial charge in [0.1, 0.15) is 17.4 Å². The van der Waals surface area contributed by atoms with Crippen LogP contribution < -0.4 is 14.8 Å². The third-order valence-corrected chi connectivity index (χ3v) is 6.62. The number of para-hydroxylation sites is 1. The van der Waals surface area contributed by atoms with Crippen molar-refractivity contribution in [3.8, 4) is 11.5 Å². The molecule has 1 amide bonds. The summed E-state index contributed by atoms with van der Waals surface area (Å²) < 4.78 is 23.3. The van der Waals surface area contributed by atoms with Crippen molar-refractivity contribution in [1.82, 2.24) is 0 Å². The van der Waals surface area contributed by atoms with E-state index in [4.69, 9.17) is 18.6 Å². The summed E-state index contributed by atoms with van der Waals surface area (Å²) in [6.45, 7) is 2.21. The molecule has 0 bridgehead atoms. The van der Waals surface area contributed by atoms with Gasteiger partial charge in [-0.25, -0.2) is 0 Å². The molecule has 0 saturated heterocycles. The molecule has 6 heteroatoms. The maximum absolute atomic E-state index is 12.8. The Labute approximate surface area is 233 Å². The summed E-state index contributed by atoms with van der Waals surface area (Å²) in [5, 5.41) is 3.81. The average molecular weight is 534 g/mol. The van der Waals surface area contributed by atoms with Gasteiger partial charge in [-0.2, -0.15) is 0 Å². The highest BCUT2D eigenvalue weighted by molar-refractivity contribution is 6.04. The van der Waals surface area contributed by atoms with Crippen LogP contribution in [0.2, 0.25) is 0 Å². The molecular weight excluding hydrogens is 502 g/mol. The van der Waals surface area contributed by atoms with Crippen LogP contribution in [0.25, 0.3) is 16.5 Å². The molecule has 5 aromatic rings. The van der Waals surface area contributed by atoms with Crippen LogP contribution in [0, 0.1) is 0 Å². The van der Waals surface area contributed by atoms with Crippen molar-refractivity contribution in [2.75, 3.05) is 19.5 Å². The first kappa shape index (κ1) is 26.8. The predicted octanol–water partition coefficient (Wildman–Crippen LogP) is 7.80. The molecule has 40 heavy (non-hydrogen) atoms. The highest BCUT2D eigenvalue weighted by atomic mass is 16.5. The zero-order valence-electron chi connectivity index (χ0n) is 22.7. The fourth-order valence-electron chi connectivity index (χ4n) is 4.61. The quantitative estimate of drug-likeness (QED) is 0.186. The largest absolute Gasteiger partial charge is 0.493 e. The van der Waals surface area contributed by atoms with Crippen molar-refractivity contribution < 1.29 is 23.4 Å². The molecule has 0 radical (unpaired) electrons. The summed E-state index contributed by atoms with van der Waals surface area (Å²) >= 11 is 0. The van der Waals surface area contributed by atoms with Crippen LogP contribution >= 0.6 is 0 Å². The molecule has 0 fully saturated rings. The molecule has 202 valence electrons. The van der Waals surface area contributed by atoms with Gasteiger partial charge >= 0.3 is 0 Å². The van der Waals surface area contributed by atoms with Gasteiger partial charge in [-0.15, -0.1) is 0 Å². The van der Waals surface area contributed by atoms with Crippen molar-refractivity contribution in [2.24, 2.45) is 0 Å². The number of benzene rings is 4. The van der Waals surface area contributed by atoms with Gasteiger partial charge in [0.25, 0.3) is 0 Å². The maximum Gasteiger partial charge on any atom is 0.248 e. The minimum Gasteiger partial charge on any atom is -0.493 e. The van der Waals surface area contributed by atoms with Crippen molar-refractivity contribution in [2.45, 2.75) is 19.6 Å². The van der Waals surface area contributed by atoms with Crippen molar-refractivity contribution in [1.29, 1.82) is 0 Å². The van der Waals surface area contributed by atoms with Crippen LogP contribution in [-0.4, -0.2) is 20.1 Å². The molecule has 5 rings (SSSR count). The molecule has 1 heterocycles. The second-order valence-electron chi connectivity index (χ2n) is 9.34. The number of anilines is 1. The van der Waals surface area contributed by atoms with Crippen LogP contribution in [0.1, 0.15) is 35.5 Å². The highest BCUT2D eigenvalue weighted by Gasteiger charge is 2.17. The number of methoxy groups -OCH3 is 2. The monoisotopic (exact) mass is 533 g/mol. The number of carbonyl (C=O) groups excluding carboxylic acids is 1. The lowest BCUT2D eigenvalue weighted by atomic mass is 10.0. The van der Waals surface area contributed by atoms with Crippen LogP contribution in [0.5, 0.6) is 11.5 Å². The molecule has 1 N–H and O–H groups in total. The summed E-state index contributed by atoms with van der Waals surface area (Å²) in [5.41, 5.74) is 5.14. The molecule has 0 aliphatic heterocycles. The van der Waals surface area contributed by atoms with Gasteiger partial charge in [0.15, 0.2) is 11.5 Å². The first-order chi connectivity index (χ1) is 19.6. The van der Waals surface area contributed by atoms with Crippen LogP contribution in [0.4, 0.5) is 5.69 Å². The first-order valence-corrected chi connectivity index (χ1v) is 13.0. The molecular formula is C34H31NO5. The third-order valence-electron chi connectivity index (χ3n) is 6.62. The number of amides is 1. The smallest absolute Gasteiger partial charge is 0.248 e. The Hall–Kier alpha value is -4.81. The Morgan fingerprint density at radius 1 is 0.825 bits per heavy atom. The zero-order valence-corrected chi connectivity index (χ0v) is 22.7. The van der Waals surface area contributed by atoms with E-state index in [0.29, 0.717) is 35.1 Å². The normalized spacial score (nSPS) is 11.6. The fourth-order valence-corrected chi connectivity index (χ4v) is 4.61. The van der Waals surface area contributed by atoms with Gasteiger partial charge in [-0.3, -0.25) is 4.79 Å². The van der Waals surface area contributed by atoms with Gasteiger partial charge in [0, 0.05) is 28.8 Å². The number of ether oxygens (including phenoxy) is 3. The van der Waals surface area contributed by atoms with Crippen molar-refractivity contribution in [3.63, 3.8) is 0 Å². The number of fused-ring (bicyclic) bond motifs is 1. The van der Waals surface area contributed by atoms with Gasteiger partial charge in [-0.05, 0) is 41.8 Å².